The quantitative estimate of drug-likeness (QED) is 0.812. The molecule has 1 unspecified atom stereocenters. The van der Waals surface area contributed by atoms with Crippen LogP contribution in [0.1, 0.15) is 37.9 Å². The van der Waals surface area contributed by atoms with Crippen LogP contribution in [0.4, 0.5) is 4.39 Å². The third-order valence-corrected chi connectivity index (χ3v) is 2.40. The number of hydrogen-bond donors (Lipinski definition) is 1. The van der Waals surface area contributed by atoms with E-state index in [9.17, 15) is 9.50 Å². The van der Waals surface area contributed by atoms with Gasteiger partial charge in [0.15, 0.2) is 11.6 Å². The zero-order chi connectivity index (χ0) is 11.3. The lowest BCUT2D eigenvalue weighted by atomic mass is 10.0. The van der Waals surface area contributed by atoms with Gasteiger partial charge < -0.3 is 9.84 Å². The van der Waals surface area contributed by atoms with Crippen molar-refractivity contribution in [3.8, 4) is 5.75 Å². The molecule has 1 N–H and O–H groups in total. The van der Waals surface area contributed by atoms with Gasteiger partial charge in [-0.15, -0.1) is 0 Å². The lowest BCUT2D eigenvalue weighted by Crippen LogP contribution is -2.02. The van der Waals surface area contributed by atoms with Crippen LogP contribution < -0.4 is 4.74 Å². The number of hydrogen-bond acceptors (Lipinski definition) is 2. The van der Waals surface area contributed by atoms with Crippen molar-refractivity contribution in [3.63, 3.8) is 0 Å². The summed E-state index contributed by atoms with van der Waals surface area (Å²) in [7, 11) is 1.42. The molecule has 0 aliphatic heterocycles. The van der Waals surface area contributed by atoms with Crippen LogP contribution in [0.3, 0.4) is 0 Å². The summed E-state index contributed by atoms with van der Waals surface area (Å²) >= 11 is 0. The normalized spacial score (nSPS) is 12.5. The molecule has 0 amide bonds. The van der Waals surface area contributed by atoms with E-state index >= 15 is 0 Å². The monoisotopic (exact) mass is 212 g/mol. The van der Waals surface area contributed by atoms with Gasteiger partial charge in [-0.05, 0) is 12.5 Å². The zero-order valence-electron chi connectivity index (χ0n) is 9.16. The summed E-state index contributed by atoms with van der Waals surface area (Å²) in [5.41, 5.74) is 0.322. The van der Waals surface area contributed by atoms with E-state index in [4.69, 9.17) is 4.74 Å². The predicted molar refractivity (Wildman–Crippen MR) is 57.4 cm³/mol. The molecule has 0 heterocycles. The zero-order valence-corrected chi connectivity index (χ0v) is 9.16. The fraction of sp³-hybridized carbons (Fsp3) is 0.500. The second-order valence-electron chi connectivity index (χ2n) is 3.52. The first-order valence-corrected chi connectivity index (χ1v) is 5.21. The fourth-order valence-corrected chi connectivity index (χ4v) is 1.50. The van der Waals surface area contributed by atoms with Crippen LogP contribution in [0.15, 0.2) is 18.2 Å². The molecule has 0 aliphatic rings. The molecule has 0 aliphatic carbocycles. The molecule has 0 radical (unpaired) electrons. The highest BCUT2D eigenvalue weighted by atomic mass is 19.1. The SMILES string of the molecule is CCCCC(O)c1cccc(OC)c1F. The first-order chi connectivity index (χ1) is 7.20. The standard InChI is InChI=1S/C12H17FO2/c1-3-4-7-10(14)9-6-5-8-11(15-2)12(9)13/h5-6,8,10,14H,3-4,7H2,1-2H3. The van der Waals surface area contributed by atoms with Gasteiger partial charge in [-0.25, -0.2) is 4.39 Å². The minimum absolute atomic E-state index is 0.183. The Kier molecular flexibility index (Phi) is 4.56. The average Bonchev–Trinajstić information content (AvgIpc) is 2.26. The largest absolute Gasteiger partial charge is 0.494 e. The van der Waals surface area contributed by atoms with E-state index in [1.165, 1.54) is 7.11 Å². The second kappa shape index (κ2) is 5.71. The number of unbranched alkanes of at least 4 members (excludes halogenated alkanes) is 1. The molecule has 1 atom stereocenters. The number of benzene rings is 1. The van der Waals surface area contributed by atoms with Crippen LogP contribution in [-0.2, 0) is 0 Å². The van der Waals surface area contributed by atoms with E-state index in [1.807, 2.05) is 6.92 Å². The van der Waals surface area contributed by atoms with Gasteiger partial charge in [0, 0.05) is 5.56 Å². The van der Waals surface area contributed by atoms with Crippen molar-refractivity contribution in [2.45, 2.75) is 32.3 Å². The topological polar surface area (TPSA) is 29.5 Å². The Balaban J connectivity index is 2.83. The molecule has 0 fully saturated rings. The highest BCUT2D eigenvalue weighted by Crippen LogP contribution is 2.27. The van der Waals surface area contributed by atoms with E-state index in [0.29, 0.717) is 12.0 Å². The summed E-state index contributed by atoms with van der Waals surface area (Å²) in [4.78, 5) is 0. The Morgan fingerprint density at radius 3 is 2.80 bits per heavy atom. The van der Waals surface area contributed by atoms with Crippen LogP contribution in [-0.4, -0.2) is 12.2 Å². The van der Waals surface area contributed by atoms with Crippen molar-refractivity contribution in [3.05, 3.63) is 29.6 Å². The lowest BCUT2D eigenvalue weighted by molar-refractivity contribution is 0.158. The smallest absolute Gasteiger partial charge is 0.170 e. The van der Waals surface area contributed by atoms with Gasteiger partial charge in [-0.3, -0.25) is 0 Å². The van der Waals surface area contributed by atoms with Crippen molar-refractivity contribution in [2.75, 3.05) is 7.11 Å². The van der Waals surface area contributed by atoms with Gasteiger partial charge in [-0.1, -0.05) is 31.9 Å². The molecule has 0 saturated carbocycles. The number of aliphatic hydroxyl groups excluding tert-OH is 1. The first-order valence-electron chi connectivity index (χ1n) is 5.21. The molecular formula is C12H17FO2. The number of halogens is 1. The molecule has 15 heavy (non-hydrogen) atoms. The van der Waals surface area contributed by atoms with Crippen molar-refractivity contribution in [2.24, 2.45) is 0 Å². The second-order valence-corrected chi connectivity index (χ2v) is 3.52. The maximum Gasteiger partial charge on any atom is 0.170 e. The minimum Gasteiger partial charge on any atom is -0.494 e. The lowest BCUT2D eigenvalue weighted by Gasteiger charge is -2.13. The van der Waals surface area contributed by atoms with Gasteiger partial charge in [0.1, 0.15) is 0 Å². The molecule has 1 aromatic rings. The highest BCUT2D eigenvalue weighted by Gasteiger charge is 2.15. The van der Waals surface area contributed by atoms with Crippen molar-refractivity contribution >= 4 is 0 Å². The van der Waals surface area contributed by atoms with E-state index in [2.05, 4.69) is 0 Å². The van der Waals surface area contributed by atoms with Crippen molar-refractivity contribution < 1.29 is 14.2 Å². The van der Waals surface area contributed by atoms with Gasteiger partial charge >= 0.3 is 0 Å². The number of aliphatic hydroxyl groups is 1. The van der Waals surface area contributed by atoms with Crippen LogP contribution in [0.5, 0.6) is 5.75 Å². The summed E-state index contributed by atoms with van der Waals surface area (Å²) in [5, 5.41) is 9.76. The molecule has 84 valence electrons. The molecule has 0 saturated heterocycles. The summed E-state index contributed by atoms with van der Waals surface area (Å²) in [6, 6.07) is 4.83. The summed E-state index contributed by atoms with van der Waals surface area (Å²) in [6.07, 6.45) is 1.72. The Labute approximate surface area is 89.7 Å². The molecule has 0 spiro atoms. The maximum absolute atomic E-state index is 13.7. The van der Waals surface area contributed by atoms with Crippen molar-refractivity contribution in [1.29, 1.82) is 0 Å². The van der Waals surface area contributed by atoms with E-state index in [-0.39, 0.29) is 5.75 Å². The Hall–Kier alpha value is -1.09. The Bertz CT molecular complexity index is 312. The van der Waals surface area contributed by atoms with Gasteiger partial charge in [-0.2, -0.15) is 0 Å². The summed E-state index contributed by atoms with van der Waals surface area (Å²) < 4.78 is 18.5. The van der Waals surface area contributed by atoms with Gasteiger partial charge in [0.05, 0.1) is 13.2 Å². The third-order valence-electron chi connectivity index (χ3n) is 2.40. The molecule has 1 rings (SSSR count). The molecule has 3 heteroatoms. The van der Waals surface area contributed by atoms with E-state index in [1.54, 1.807) is 18.2 Å². The first kappa shape index (κ1) is 12.0. The molecule has 1 aromatic carbocycles. The van der Waals surface area contributed by atoms with Crippen LogP contribution in [0.2, 0.25) is 0 Å². The van der Waals surface area contributed by atoms with Gasteiger partial charge in [0.2, 0.25) is 0 Å². The third kappa shape index (κ3) is 2.93. The number of methoxy groups -OCH3 is 1. The van der Waals surface area contributed by atoms with E-state index < -0.39 is 11.9 Å². The number of ether oxygens (including phenoxy) is 1. The van der Waals surface area contributed by atoms with Crippen LogP contribution in [0.25, 0.3) is 0 Å². The summed E-state index contributed by atoms with van der Waals surface area (Å²) in [5.74, 6) is -0.272. The number of rotatable bonds is 5. The molecule has 2 nitrogen and oxygen atoms in total. The summed E-state index contributed by atoms with van der Waals surface area (Å²) in [6.45, 7) is 2.04. The van der Waals surface area contributed by atoms with Crippen LogP contribution >= 0.6 is 0 Å². The molecular weight excluding hydrogens is 195 g/mol. The fourth-order valence-electron chi connectivity index (χ4n) is 1.50. The Morgan fingerprint density at radius 1 is 1.47 bits per heavy atom. The highest BCUT2D eigenvalue weighted by molar-refractivity contribution is 5.32. The minimum atomic E-state index is -0.736. The average molecular weight is 212 g/mol. The molecule has 0 bridgehead atoms. The van der Waals surface area contributed by atoms with Gasteiger partial charge in [0.25, 0.3) is 0 Å². The Morgan fingerprint density at radius 2 is 2.20 bits per heavy atom. The van der Waals surface area contributed by atoms with E-state index in [0.717, 1.165) is 12.8 Å². The predicted octanol–water partition coefficient (Wildman–Crippen LogP) is 3.06. The van der Waals surface area contributed by atoms with Crippen molar-refractivity contribution in [1.82, 2.24) is 0 Å². The maximum atomic E-state index is 13.7. The molecule has 0 aromatic heterocycles. The van der Waals surface area contributed by atoms with Crippen LogP contribution in [0, 0.1) is 5.82 Å².